The summed E-state index contributed by atoms with van der Waals surface area (Å²) in [5, 5.41) is 2.75. The van der Waals surface area contributed by atoms with E-state index in [0.29, 0.717) is 24.5 Å². The first-order valence-corrected chi connectivity index (χ1v) is 12.6. The van der Waals surface area contributed by atoms with E-state index in [1.165, 1.54) is 6.92 Å². The van der Waals surface area contributed by atoms with Crippen molar-refractivity contribution in [1.29, 1.82) is 0 Å². The Balaban J connectivity index is 1.40. The Morgan fingerprint density at radius 2 is 1.78 bits per heavy atom. The predicted octanol–water partition coefficient (Wildman–Crippen LogP) is 1.58. The van der Waals surface area contributed by atoms with E-state index >= 15 is 0 Å². The third-order valence-electron chi connectivity index (χ3n) is 7.57. The monoisotopic (exact) mass is 500 g/mol. The standard InChI is InChI=1S/C24H33B2F3N6O/c1-17(24(27,28)29)33-12-7-19(8-13-33)35-16-15-34(14-9-23(35,25)26)21-4-2-3-20(32-21)22(36)31-18-5-10-30-11-6-18/h2-6,10-11,17,19H,7-9,12-16,25-26H2,1H3,(H,30,31,36)/t17-/m0/s1. The highest BCUT2D eigenvalue weighted by Gasteiger charge is 2.43. The summed E-state index contributed by atoms with van der Waals surface area (Å²) in [5.41, 5.74) is 1.00. The van der Waals surface area contributed by atoms with Crippen LogP contribution in [-0.4, -0.2) is 97.7 Å². The maximum Gasteiger partial charge on any atom is 0.403 e. The summed E-state index contributed by atoms with van der Waals surface area (Å²) in [6.07, 6.45) is 1.39. The molecule has 2 aromatic rings. The number of pyridine rings is 2. The molecule has 2 aliphatic heterocycles. The molecule has 2 aliphatic rings. The van der Waals surface area contributed by atoms with Gasteiger partial charge in [0, 0.05) is 56.8 Å². The van der Waals surface area contributed by atoms with Crippen LogP contribution in [0.2, 0.25) is 0 Å². The van der Waals surface area contributed by atoms with Crippen molar-refractivity contribution < 1.29 is 18.0 Å². The lowest BCUT2D eigenvalue weighted by atomic mass is 9.58. The molecule has 0 aliphatic carbocycles. The van der Waals surface area contributed by atoms with Gasteiger partial charge in [0.05, 0.1) is 0 Å². The number of hydrogen-bond donors (Lipinski definition) is 1. The second-order valence-corrected chi connectivity index (χ2v) is 10.3. The van der Waals surface area contributed by atoms with Gasteiger partial charge in [-0.25, -0.2) is 4.98 Å². The number of amides is 1. The van der Waals surface area contributed by atoms with Gasteiger partial charge >= 0.3 is 6.18 Å². The van der Waals surface area contributed by atoms with Gasteiger partial charge < -0.3 is 15.1 Å². The molecule has 4 heterocycles. The number of anilines is 2. The third kappa shape index (κ3) is 6.21. The van der Waals surface area contributed by atoms with E-state index < -0.39 is 12.2 Å². The van der Waals surface area contributed by atoms with Gasteiger partial charge in [0.25, 0.3) is 5.91 Å². The van der Waals surface area contributed by atoms with E-state index in [1.807, 2.05) is 12.1 Å². The summed E-state index contributed by atoms with van der Waals surface area (Å²) in [7, 11) is 4.43. The van der Waals surface area contributed by atoms with Gasteiger partial charge in [-0.1, -0.05) is 6.07 Å². The van der Waals surface area contributed by atoms with Crippen LogP contribution in [0.4, 0.5) is 24.7 Å². The molecular formula is C24H33B2F3N6O. The molecule has 12 heteroatoms. The van der Waals surface area contributed by atoms with Crippen LogP contribution in [-0.2, 0) is 0 Å². The molecular weight excluding hydrogens is 467 g/mol. The number of aromatic nitrogens is 2. The number of nitrogens with zero attached hydrogens (tertiary/aromatic N) is 5. The molecule has 0 aromatic carbocycles. The lowest BCUT2D eigenvalue weighted by Crippen LogP contribution is -2.59. The highest BCUT2D eigenvalue weighted by atomic mass is 19.4. The van der Waals surface area contributed by atoms with Gasteiger partial charge in [0.15, 0.2) is 0 Å². The van der Waals surface area contributed by atoms with Crippen LogP contribution in [0, 0.1) is 0 Å². The molecule has 0 radical (unpaired) electrons. The molecule has 0 bridgehead atoms. The summed E-state index contributed by atoms with van der Waals surface area (Å²) < 4.78 is 39.5. The number of likely N-dealkylation sites (tertiary alicyclic amines) is 1. The van der Waals surface area contributed by atoms with E-state index in [9.17, 15) is 18.0 Å². The van der Waals surface area contributed by atoms with Crippen molar-refractivity contribution in [2.24, 2.45) is 0 Å². The maximum absolute atomic E-state index is 13.2. The fourth-order valence-electron chi connectivity index (χ4n) is 5.25. The van der Waals surface area contributed by atoms with Crippen molar-refractivity contribution in [3.05, 3.63) is 48.4 Å². The lowest BCUT2D eigenvalue weighted by Gasteiger charge is -2.47. The van der Waals surface area contributed by atoms with E-state index in [1.54, 1.807) is 35.5 Å². The Hall–Kier alpha value is -2.59. The van der Waals surface area contributed by atoms with Gasteiger partial charge in [-0.2, -0.15) is 13.2 Å². The van der Waals surface area contributed by atoms with Crippen LogP contribution in [0.1, 0.15) is 36.7 Å². The van der Waals surface area contributed by atoms with Crippen LogP contribution in [0.5, 0.6) is 0 Å². The zero-order chi connectivity index (χ0) is 25.9. The van der Waals surface area contributed by atoms with Gasteiger partial charge in [-0.3, -0.25) is 14.7 Å². The van der Waals surface area contributed by atoms with Crippen molar-refractivity contribution in [3.8, 4) is 0 Å². The second kappa shape index (κ2) is 10.8. The first-order chi connectivity index (χ1) is 17.0. The number of rotatable bonds is 5. The van der Waals surface area contributed by atoms with E-state index in [0.717, 1.165) is 44.7 Å². The molecule has 36 heavy (non-hydrogen) atoms. The normalized spacial score (nSPS) is 21.1. The van der Waals surface area contributed by atoms with Crippen molar-refractivity contribution in [1.82, 2.24) is 19.8 Å². The summed E-state index contributed by atoms with van der Waals surface area (Å²) in [4.78, 5) is 27.5. The number of carbonyl (C=O) groups is 1. The van der Waals surface area contributed by atoms with Crippen molar-refractivity contribution >= 4 is 33.1 Å². The quantitative estimate of drug-likeness (QED) is 0.630. The first-order valence-electron chi connectivity index (χ1n) is 12.6. The summed E-state index contributed by atoms with van der Waals surface area (Å²) in [6, 6.07) is 7.76. The Bertz CT molecular complexity index is 1030. The van der Waals surface area contributed by atoms with Crippen LogP contribution in [0.15, 0.2) is 42.7 Å². The molecule has 0 unspecified atom stereocenters. The lowest BCUT2D eigenvalue weighted by molar-refractivity contribution is -0.182. The molecule has 2 fully saturated rings. The minimum Gasteiger partial charge on any atom is -0.355 e. The summed E-state index contributed by atoms with van der Waals surface area (Å²) in [5.74, 6) is 0.475. The Morgan fingerprint density at radius 1 is 1.08 bits per heavy atom. The zero-order valence-electron chi connectivity index (χ0n) is 21.1. The average molecular weight is 500 g/mol. The maximum atomic E-state index is 13.2. The molecule has 0 saturated carbocycles. The molecule has 4 rings (SSSR count). The highest BCUT2D eigenvalue weighted by molar-refractivity contribution is 6.40. The fraction of sp³-hybridized carbons (Fsp3) is 0.542. The van der Waals surface area contributed by atoms with E-state index in [-0.39, 0.29) is 17.3 Å². The zero-order valence-corrected chi connectivity index (χ0v) is 21.1. The molecule has 0 spiro atoms. The van der Waals surface area contributed by atoms with Crippen molar-refractivity contribution in [3.63, 3.8) is 0 Å². The number of hydrogen-bond acceptors (Lipinski definition) is 6. The van der Waals surface area contributed by atoms with Crippen molar-refractivity contribution in [2.45, 2.75) is 49.8 Å². The predicted molar refractivity (Wildman–Crippen MR) is 140 cm³/mol. The van der Waals surface area contributed by atoms with Gasteiger partial charge in [0.1, 0.15) is 33.2 Å². The molecule has 192 valence electrons. The molecule has 2 saturated heterocycles. The minimum absolute atomic E-state index is 0.0897. The van der Waals surface area contributed by atoms with Crippen LogP contribution < -0.4 is 10.2 Å². The molecule has 2 aromatic heterocycles. The Labute approximate surface area is 212 Å². The van der Waals surface area contributed by atoms with Gasteiger partial charge in [-0.15, -0.1) is 0 Å². The molecule has 7 nitrogen and oxygen atoms in total. The number of halogens is 3. The van der Waals surface area contributed by atoms with Gasteiger partial charge in [0.2, 0.25) is 0 Å². The average Bonchev–Trinajstić information content (AvgIpc) is 3.01. The minimum atomic E-state index is -4.19. The van der Waals surface area contributed by atoms with Crippen LogP contribution in [0.25, 0.3) is 0 Å². The first kappa shape index (κ1) is 26.5. The summed E-state index contributed by atoms with van der Waals surface area (Å²) >= 11 is 0. The van der Waals surface area contributed by atoms with E-state index in [2.05, 4.69) is 40.8 Å². The van der Waals surface area contributed by atoms with E-state index in [4.69, 9.17) is 0 Å². The Morgan fingerprint density at radius 3 is 2.44 bits per heavy atom. The molecule has 1 atom stereocenters. The van der Waals surface area contributed by atoms with Crippen molar-refractivity contribution in [2.75, 3.05) is 42.9 Å². The number of carbonyl (C=O) groups excluding carboxylic acids is 1. The highest BCUT2D eigenvalue weighted by Crippen LogP contribution is 2.31. The number of nitrogens with one attached hydrogen (secondary N) is 1. The molecule has 1 amide bonds. The third-order valence-corrected chi connectivity index (χ3v) is 7.57. The second-order valence-electron chi connectivity index (χ2n) is 10.3. The fourth-order valence-corrected chi connectivity index (χ4v) is 5.25. The topological polar surface area (TPSA) is 64.6 Å². The molecule has 1 N–H and O–H groups in total. The number of piperidine rings is 1. The Kier molecular flexibility index (Phi) is 7.94. The smallest absolute Gasteiger partial charge is 0.355 e. The number of alkyl halides is 3. The van der Waals surface area contributed by atoms with Gasteiger partial charge in [-0.05, 0) is 55.8 Å². The largest absolute Gasteiger partial charge is 0.403 e. The van der Waals surface area contributed by atoms with Crippen LogP contribution >= 0.6 is 0 Å². The van der Waals surface area contributed by atoms with Crippen LogP contribution in [0.3, 0.4) is 0 Å². The SMILES string of the molecule is BC1(B)CCN(c2cccc(C(=O)Nc3ccncc3)n2)CCN1C1CCN([C@@H](C)C(F)(F)F)CC1. The summed E-state index contributed by atoms with van der Waals surface area (Å²) in [6.45, 7) is 4.49.